The second-order valence-electron chi connectivity index (χ2n) is 6.54. The van der Waals surface area contributed by atoms with Crippen LogP contribution in [0, 0.1) is 5.82 Å². The molecular weight excluding hydrogens is 403 g/mol. The minimum absolute atomic E-state index is 0.0473. The summed E-state index contributed by atoms with van der Waals surface area (Å²) in [5.41, 5.74) is 2.09. The van der Waals surface area contributed by atoms with Crippen LogP contribution < -0.4 is 5.73 Å². The molecule has 0 aliphatic rings. The van der Waals surface area contributed by atoms with Crippen molar-refractivity contribution in [2.75, 3.05) is 6.61 Å². The van der Waals surface area contributed by atoms with Gasteiger partial charge in [0, 0.05) is 0 Å². The minimum atomic E-state index is -4.96. The summed E-state index contributed by atoms with van der Waals surface area (Å²) in [6, 6.07) is 6.34. The Morgan fingerprint density at radius 2 is 1.41 bits per heavy atom. The average molecular weight is 421 g/mol. The fourth-order valence-corrected chi connectivity index (χ4v) is 2.59. The summed E-state index contributed by atoms with van der Waals surface area (Å²) in [6.07, 6.45) is -9.74. The van der Waals surface area contributed by atoms with Crippen LogP contribution in [0.3, 0.4) is 0 Å². The van der Waals surface area contributed by atoms with Crippen molar-refractivity contribution < 1.29 is 35.5 Å². The van der Waals surface area contributed by atoms with Crippen LogP contribution in [0.15, 0.2) is 55.1 Å². The zero-order valence-electron chi connectivity index (χ0n) is 15.2. The zero-order chi connectivity index (χ0) is 22.0. The predicted molar refractivity (Wildman–Crippen MR) is 93.3 cm³/mol. The van der Waals surface area contributed by atoms with Crippen LogP contribution in [0.1, 0.15) is 35.3 Å². The molecule has 9 heteroatoms. The van der Waals surface area contributed by atoms with Crippen molar-refractivity contribution in [3.63, 3.8) is 0 Å². The quantitative estimate of drug-likeness (QED) is 0.460. The molecule has 2 nitrogen and oxygen atoms in total. The standard InChI is InChI=1S/C20H18F7NO/c1-3-18(28,14-4-6-17(21)7-5-14)11-29-12(2)13-8-15(19(22,23)24)10-16(9-13)20(25,26)27/h3-10,12H,1,11,28H2,2H3/t12-,18-/m1/s1. The second-order valence-corrected chi connectivity index (χ2v) is 6.54. The normalized spacial score (nSPS) is 15.6. The molecule has 0 radical (unpaired) electrons. The number of nitrogens with two attached hydrogens (primary N) is 1. The third-order valence-corrected chi connectivity index (χ3v) is 4.40. The summed E-state index contributed by atoms with van der Waals surface area (Å²) in [6.45, 7) is 4.58. The molecule has 0 aliphatic carbocycles. The number of halogens is 7. The van der Waals surface area contributed by atoms with Crippen LogP contribution in [0.5, 0.6) is 0 Å². The Bertz CT molecular complexity index is 826. The number of hydrogen-bond acceptors (Lipinski definition) is 2. The Balaban J connectivity index is 2.30. The molecule has 0 saturated heterocycles. The van der Waals surface area contributed by atoms with Gasteiger partial charge in [-0.3, -0.25) is 0 Å². The topological polar surface area (TPSA) is 35.2 Å². The Kier molecular flexibility index (Phi) is 6.44. The van der Waals surface area contributed by atoms with E-state index in [1.165, 1.54) is 25.1 Å². The first-order valence-electron chi connectivity index (χ1n) is 8.36. The number of ether oxygens (including phenoxy) is 1. The van der Waals surface area contributed by atoms with Crippen molar-refractivity contribution in [1.82, 2.24) is 0 Å². The van der Waals surface area contributed by atoms with Gasteiger partial charge in [-0.1, -0.05) is 18.2 Å². The van der Waals surface area contributed by atoms with E-state index in [9.17, 15) is 30.7 Å². The molecule has 0 heterocycles. The molecule has 0 saturated carbocycles. The molecule has 0 spiro atoms. The number of benzene rings is 2. The van der Waals surface area contributed by atoms with Crippen LogP contribution in [-0.4, -0.2) is 6.61 Å². The van der Waals surface area contributed by atoms with Crippen LogP contribution in [-0.2, 0) is 22.6 Å². The largest absolute Gasteiger partial charge is 0.416 e. The molecule has 0 aliphatic heterocycles. The van der Waals surface area contributed by atoms with E-state index in [-0.39, 0.29) is 18.2 Å². The number of rotatable bonds is 6. The van der Waals surface area contributed by atoms with E-state index in [1.54, 1.807) is 0 Å². The first-order chi connectivity index (χ1) is 13.3. The lowest BCUT2D eigenvalue weighted by Gasteiger charge is -2.28. The molecule has 2 rings (SSSR count). The second kappa shape index (κ2) is 8.16. The van der Waals surface area contributed by atoms with Crippen molar-refractivity contribution >= 4 is 0 Å². The van der Waals surface area contributed by atoms with Gasteiger partial charge in [-0.25, -0.2) is 4.39 Å². The van der Waals surface area contributed by atoms with Crippen molar-refractivity contribution in [1.29, 1.82) is 0 Å². The molecule has 0 aromatic heterocycles. The molecule has 2 atom stereocenters. The average Bonchev–Trinajstić information content (AvgIpc) is 2.64. The summed E-state index contributed by atoms with van der Waals surface area (Å²) >= 11 is 0. The summed E-state index contributed by atoms with van der Waals surface area (Å²) in [5.74, 6) is -0.502. The molecule has 0 bridgehead atoms. The molecule has 2 N–H and O–H groups in total. The number of alkyl halides is 6. The van der Waals surface area contributed by atoms with Crippen molar-refractivity contribution in [3.05, 3.63) is 83.2 Å². The predicted octanol–water partition coefficient (Wildman–Crippen LogP) is 5.98. The van der Waals surface area contributed by atoms with Crippen LogP contribution in [0.4, 0.5) is 30.7 Å². The van der Waals surface area contributed by atoms with Gasteiger partial charge >= 0.3 is 12.4 Å². The third-order valence-electron chi connectivity index (χ3n) is 4.40. The van der Waals surface area contributed by atoms with Gasteiger partial charge in [0.2, 0.25) is 0 Å². The van der Waals surface area contributed by atoms with Gasteiger partial charge in [0.1, 0.15) is 5.82 Å². The van der Waals surface area contributed by atoms with Crippen molar-refractivity contribution in [2.45, 2.75) is 30.9 Å². The van der Waals surface area contributed by atoms with Crippen molar-refractivity contribution in [3.8, 4) is 0 Å². The number of hydrogen-bond donors (Lipinski definition) is 1. The highest BCUT2D eigenvalue weighted by Gasteiger charge is 2.37. The first-order valence-corrected chi connectivity index (χ1v) is 8.36. The van der Waals surface area contributed by atoms with Gasteiger partial charge in [0.25, 0.3) is 0 Å². The van der Waals surface area contributed by atoms with E-state index in [0.717, 1.165) is 12.1 Å². The van der Waals surface area contributed by atoms with E-state index in [2.05, 4.69) is 6.58 Å². The van der Waals surface area contributed by atoms with E-state index in [1.807, 2.05) is 0 Å². The van der Waals surface area contributed by atoms with E-state index in [4.69, 9.17) is 10.5 Å². The summed E-state index contributed by atoms with van der Waals surface area (Å²) < 4.78 is 96.6. The highest BCUT2D eigenvalue weighted by Crippen LogP contribution is 2.38. The van der Waals surface area contributed by atoms with E-state index >= 15 is 0 Å². The fraction of sp³-hybridized carbons (Fsp3) is 0.300. The van der Waals surface area contributed by atoms with Crippen molar-refractivity contribution in [2.24, 2.45) is 5.73 Å². The Morgan fingerprint density at radius 3 is 1.83 bits per heavy atom. The van der Waals surface area contributed by atoms with E-state index < -0.39 is 40.9 Å². The van der Waals surface area contributed by atoms with Crippen LogP contribution in [0.25, 0.3) is 0 Å². The molecule has 29 heavy (non-hydrogen) atoms. The molecule has 2 aromatic carbocycles. The molecular formula is C20H18F7NO. The SMILES string of the molecule is C=C[C@@](N)(CO[C@H](C)c1cc(C(F)(F)F)cc(C(F)(F)F)c1)c1ccc(F)cc1. The summed E-state index contributed by atoms with van der Waals surface area (Å²) in [5, 5.41) is 0. The summed E-state index contributed by atoms with van der Waals surface area (Å²) in [7, 11) is 0. The van der Waals surface area contributed by atoms with Gasteiger partial charge in [-0.2, -0.15) is 26.3 Å². The third kappa shape index (κ3) is 5.57. The van der Waals surface area contributed by atoms with Gasteiger partial charge < -0.3 is 10.5 Å². The lowest BCUT2D eigenvalue weighted by Crippen LogP contribution is -2.39. The summed E-state index contributed by atoms with van der Waals surface area (Å²) in [4.78, 5) is 0. The van der Waals surface area contributed by atoms with Crippen LogP contribution >= 0.6 is 0 Å². The van der Waals surface area contributed by atoms with Gasteiger partial charge in [0.15, 0.2) is 0 Å². The molecule has 0 amide bonds. The molecule has 158 valence electrons. The lowest BCUT2D eigenvalue weighted by atomic mass is 9.92. The monoisotopic (exact) mass is 421 g/mol. The minimum Gasteiger partial charge on any atom is -0.371 e. The first kappa shape index (κ1) is 22.9. The maximum Gasteiger partial charge on any atom is 0.416 e. The molecule has 0 fully saturated rings. The Morgan fingerprint density at radius 1 is 0.931 bits per heavy atom. The highest BCUT2D eigenvalue weighted by atomic mass is 19.4. The fourth-order valence-electron chi connectivity index (χ4n) is 2.59. The van der Waals surface area contributed by atoms with Gasteiger partial charge in [-0.05, 0) is 48.4 Å². The Labute approximate surface area is 162 Å². The maximum atomic E-state index is 13.1. The molecule has 0 unspecified atom stereocenters. The zero-order valence-corrected chi connectivity index (χ0v) is 15.2. The van der Waals surface area contributed by atoms with E-state index in [0.29, 0.717) is 17.7 Å². The van der Waals surface area contributed by atoms with Gasteiger partial charge in [0.05, 0.1) is 29.4 Å². The highest BCUT2D eigenvalue weighted by molar-refractivity contribution is 5.35. The smallest absolute Gasteiger partial charge is 0.371 e. The van der Waals surface area contributed by atoms with Gasteiger partial charge in [-0.15, -0.1) is 6.58 Å². The Hall–Kier alpha value is -2.39. The lowest BCUT2D eigenvalue weighted by molar-refractivity contribution is -0.143. The molecule has 2 aromatic rings. The maximum absolute atomic E-state index is 13.1. The van der Waals surface area contributed by atoms with Crippen LogP contribution in [0.2, 0.25) is 0 Å².